The zero-order valence-corrected chi connectivity index (χ0v) is 5.65. The molecule has 0 spiro atoms. The quantitative estimate of drug-likeness (QED) is 0.400. The molecule has 0 rings (SSSR count). The van der Waals surface area contributed by atoms with E-state index < -0.39 is 0 Å². The van der Waals surface area contributed by atoms with Gasteiger partial charge in [0.05, 0.1) is 0 Å². The van der Waals surface area contributed by atoms with Gasteiger partial charge in [-0.15, -0.1) is 12.6 Å². The molecule has 0 aromatic carbocycles. The van der Waals surface area contributed by atoms with E-state index in [1.807, 2.05) is 18.9 Å². The Morgan fingerprint density at radius 1 is 1.86 bits per heavy atom. The topological polar surface area (TPSA) is 29.3 Å². The maximum Gasteiger partial charge on any atom is 0.102 e. The molecule has 3 heteroatoms. The molecule has 7 heavy (non-hydrogen) atoms. The highest BCUT2D eigenvalue weighted by Crippen LogP contribution is 1.89. The fraction of sp³-hybridized carbons (Fsp3) is 1.00. The van der Waals surface area contributed by atoms with E-state index in [0.29, 0.717) is 0 Å². The number of hydrogen-bond acceptors (Lipinski definition) is 3. The van der Waals surface area contributed by atoms with Crippen LogP contribution in [0.3, 0.4) is 0 Å². The van der Waals surface area contributed by atoms with Crippen molar-refractivity contribution in [3.63, 3.8) is 0 Å². The van der Waals surface area contributed by atoms with Crippen LogP contribution in [0.15, 0.2) is 0 Å². The lowest BCUT2D eigenvalue weighted by atomic mass is 10.7. The normalized spacial score (nSPS) is 15.0. The van der Waals surface area contributed by atoms with E-state index >= 15 is 0 Å². The van der Waals surface area contributed by atoms with Crippen LogP contribution in [0, 0.1) is 0 Å². The minimum absolute atomic E-state index is 0.106. The van der Waals surface area contributed by atoms with Crippen molar-refractivity contribution in [2.75, 3.05) is 13.6 Å². The van der Waals surface area contributed by atoms with Crippen LogP contribution >= 0.6 is 12.6 Å². The van der Waals surface area contributed by atoms with Gasteiger partial charge in [-0.25, -0.2) is 0 Å². The summed E-state index contributed by atoms with van der Waals surface area (Å²) in [6, 6.07) is 0. The number of hydrogen-bond donors (Lipinski definition) is 2. The van der Waals surface area contributed by atoms with E-state index in [2.05, 4.69) is 12.6 Å². The Kier molecular flexibility index (Phi) is 3.42. The van der Waals surface area contributed by atoms with Crippen molar-refractivity contribution in [2.24, 2.45) is 5.73 Å². The molecule has 44 valence electrons. The molecule has 0 heterocycles. The van der Waals surface area contributed by atoms with E-state index in [1.165, 1.54) is 0 Å². The number of nitrogens with zero attached hydrogens (tertiary/aromatic N) is 1. The van der Waals surface area contributed by atoms with Gasteiger partial charge in [-0.3, -0.25) is 4.90 Å². The lowest BCUT2D eigenvalue weighted by Gasteiger charge is -2.16. The smallest absolute Gasteiger partial charge is 0.102 e. The van der Waals surface area contributed by atoms with Gasteiger partial charge in [0, 0.05) is 0 Å². The first-order valence-corrected chi connectivity index (χ1v) is 2.84. The van der Waals surface area contributed by atoms with E-state index in [9.17, 15) is 0 Å². The van der Waals surface area contributed by atoms with Crippen LogP contribution in [0.1, 0.15) is 6.92 Å². The summed E-state index contributed by atoms with van der Waals surface area (Å²) < 4.78 is 0. The van der Waals surface area contributed by atoms with Gasteiger partial charge in [0.2, 0.25) is 0 Å². The van der Waals surface area contributed by atoms with Crippen molar-refractivity contribution in [3.05, 3.63) is 0 Å². The molecule has 0 aromatic heterocycles. The second-order valence-electron chi connectivity index (χ2n) is 1.49. The zero-order chi connectivity index (χ0) is 5.86. The van der Waals surface area contributed by atoms with Gasteiger partial charge in [0.25, 0.3) is 0 Å². The van der Waals surface area contributed by atoms with Gasteiger partial charge in [-0.05, 0) is 13.6 Å². The van der Waals surface area contributed by atoms with Crippen molar-refractivity contribution in [1.82, 2.24) is 4.90 Å². The average Bonchev–Trinajstić information content (AvgIpc) is 1.65. The van der Waals surface area contributed by atoms with Crippen molar-refractivity contribution in [3.8, 4) is 0 Å². The van der Waals surface area contributed by atoms with E-state index in [4.69, 9.17) is 5.73 Å². The van der Waals surface area contributed by atoms with Crippen LogP contribution in [0.2, 0.25) is 0 Å². The SMILES string of the molecule is CCN(C)C(N)S. The standard InChI is InChI=1S/C4H12N2S/c1-3-6(2)4(5)7/h4,7H,3,5H2,1-2H3. The van der Waals surface area contributed by atoms with Crippen LogP contribution in [0.5, 0.6) is 0 Å². The highest BCUT2D eigenvalue weighted by molar-refractivity contribution is 7.80. The van der Waals surface area contributed by atoms with Crippen LogP contribution in [-0.4, -0.2) is 24.0 Å². The molecule has 0 saturated carbocycles. The van der Waals surface area contributed by atoms with Crippen molar-refractivity contribution >= 4 is 12.6 Å². The third-order valence-corrected chi connectivity index (χ3v) is 1.34. The summed E-state index contributed by atoms with van der Waals surface area (Å²) in [7, 11) is 1.93. The molecular weight excluding hydrogens is 108 g/mol. The third-order valence-electron chi connectivity index (χ3n) is 0.950. The van der Waals surface area contributed by atoms with Crippen LogP contribution in [0.4, 0.5) is 0 Å². The molecule has 0 amide bonds. The van der Waals surface area contributed by atoms with Crippen LogP contribution in [-0.2, 0) is 0 Å². The highest BCUT2D eigenvalue weighted by atomic mass is 32.1. The first-order chi connectivity index (χ1) is 3.18. The molecule has 1 atom stereocenters. The summed E-state index contributed by atoms with van der Waals surface area (Å²) in [5.41, 5.74) is 5.23. The molecule has 2 N–H and O–H groups in total. The van der Waals surface area contributed by atoms with E-state index in [0.717, 1.165) is 6.54 Å². The second kappa shape index (κ2) is 3.29. The van der Waals surface area contributed by atoms with Gasteiger partial charge in [-0.2, -0.15) is 0 Å². The van der Waals surface area contributed by atoms with Gasteiger partial charge in [0.15, 0.2) is 0 Å². The summed E-state index contributed by atoms with van der Waals surface area (Å²) in [6.07, 6.45) is 0. The van der Waals surface area contributed by atoms with Gasteiger partial charge in [-0.1, -0.05) is 6.92 Å². The first kappa shape index (κ1) is 7.27. The molecule has 0 aliphatic rings. The Morgan fingerprint density at radius 3 is 2.29 bits per heavy atom. The summed E-state index contributed by atoms with van der Waals surface area (Å²) in [5, 5.41) is 0. The largest absolute Gasteiger partial charge is 0.307 e. The molecular formula is C4H12N2S. The summed E-state index contributed by atoms with van der Waals surface area (Å²) in [5.74, 6) is 0. The number of rotatable bonds is 2. The fourth-order valence-electron chi connectivity index (χ4n) is 0.187. The molecule has 0 bridgehead atoms. The average molecular weight is 120 g/mol. The van der Waals surface area contributed by atoms with Crippen LogP contribution < -0.4 is 5.73 Å². The van der Waals surface area contributed by atoms with Crippen molar-refractivity contribution in [2.45, 2.75) is 12.4 Å². The highest BCUT2D eigenvalue weighted by Gasteiger charge is 1.97. The number of thiol groups is 1. The van der Waals surface area contributed by atoms with Gasteiger partial charge < -0.3 is 5.73 Å². The molecule has 1 unspecified atom stereocenters. The molecule has 0 aliphatic heterocycles. The maximum atomic E-state index is 5.34. The lowest BCUT2D eigenvalue weighted by Crippen LogP contribution is -2.33. The van der Waals surface area contributed by atoms with Crippen molar-refractivity contribution < 1.29 is 0 Å². The number of nitrogens with two attached hydrogens (primary N) is 1. The summed E-state index contributed by atoms with van der Waals surface area (Å²) >= 11 is 3.98. The van der Waals surface area contributed by atoms with Gasteiger partial charge in [0.1, 0.15) is 5.50 Å². The molecule has 0 aromatic rings. The summed E-state index contributed by atoms with van der Waals surface area (Å²) in [6.45, 7) is 2.99. The maximum absolute atomic E-state index is 5.34. The predicted molar refractivity (Wildman–Crippen MR) is 35.3 cm³/mol. The predicted octanol–water partition coefficient (Wildman–Crippen LogP) is 0.110. The second-order valence-corrected chi connectivity index (χ2v) is 2.02. The lowest BCUT2D eigenvalue weighted by molar-refractivity contribution is 0.338. The van der Waals surface area contributed by atoms with Crippen molar-refractivity contribution in [1.29, 1.82) is 0 Å². The van der Waals surface area contributed by atoms with Gasteiger partial charge >= 0.3 is 0 Å². The molecule has 0 aliphatic carbocycles. The van der Waals surface area contributed by atoms with E-state index in [1.54, 1.807) is 0 Å². The Labute approximate surface area is 50.1 Å². The van der Waals surface area contributed by atoms with E-state index in [-0.39, 0.29) is 5.50 Å². The molecule has 0 saturated heterocycles. The van der Waals surface area contributed by atoms with Crippen LogP contribution in [0.25, 0.3) is 0 Å². The first-order valence-electron chi connectivity index (χ1n) is 2.32. The fourth-order valence-corrected chi connectivity index (χ4v) is 0.350. The zero-order valence-electron chi connectivity index (χ0n) is 4.76. The Balaban J connectivity index is 3.14. The minimum atomic E-state index is -0.106. The monoisotopic (exact) mass is 120 g/mol. The molecule has 0 radical (unpaired) electrons. The molecule has 0 fully saturated rings. The Hall–Kier alpha value is 0.270. The Morgan fingerprint density at radius 2 is 2.29 bits per heavy atom. The Bertz CT molecular complexity index is 47.0. The molecule has 2 nitrogen and oxygen atoms in total. The minimum Gasteiger partial charge on any atom is -0.307 e. The third kappa shape index (κ3) is 2.91. The summed E-state index contributed by atoms with van der Waals surface area (Å²) in [4.78, 5) is 1.93.